The lowest BCUT2D eigenvalue weighted by Crippen LogP contribution is -2.36. The van der Waals surface area contributed by atoms with E-state index in [2.05, 4.69) is 91.6 Å². The van der Waals surface area contributed by atoms with Crippen LogP contribution in [0.25, 0.3) is 34.3 Å². The number of nitrogens with zero attached hydrogens (tertiary/aromatic N) is 8. The Bertz CT molecular complexity index is 5590. The number of halogens is 2. The number of aromatic amines is 4. The second-order valence-electron chi connectivity index (χ2n) is 21.4. The molecule has 0 bridgehead atoms. The van der Waals surface area contributed by atoms with Crippen molar-refractivity contribution in [1.29, 1.82) is 0 Å². The molecule has 2 aliphatic carbocycles. The topological polar surface area (TPSA) is 471 Å². The summed E-state index contributed by atoms with van der Waals surface area (Å²) in [6.07, 6.45) is 2.51. The minimum atomic E-state index is -0.855. The van der Waals surface area contributed by atoms with Crippen LogP contribution in [0.4, 0.5) is 42.9 Å². The molecule has 0 saturated carbocycles. The molecular formula is C58H42F2N20O12S2. The molecule has 0 spiro atoms. The van der Waals surface area contributed by atoms with Crippen molar-refractivity contribution < 1.29 is 37.0 Å². The number of nitrogens with one attached hydrogen (secondary N) is 10. The van der Waals surface area contributed by atoms with Gasteiger partial charge in [-0.3, -0.25) is 57.4 Å². The number of nitrogens with two attached hydrogens (primary N) is 2. The smallest absolute Gasteiger partial charge is 0.394 e. The molecule has 0 fully saturated rings. The van der Waals surface area contributed by atoms with Gasteiger partial charge in [-0.2, -0.15) is 0 Å². The standard InChI is InChI=1S/2C29H21FN10O6S/c30-15-5-1-11(7-17(15)33-21-20(31)22(41)23(21)42)10-32-26(44)19-9-18(35-27-37-38-28(47)40(19)27)25(43)34-16-6-3-12-8-13(2-4-14(12)16)24-36-29(45)46-39-24;30-15-5-1-11(7-17(15)33-21-20(31)22(41)23(21)42)10-32-25(43)18-9-19(40-27(35-18)37-38-28(40)47)26(44)34-16-6-3-12-8-13(2-4-14(12)16)24-36-29(45)46-39-24/h1-2,4-5,7-9,16,33H,3,6,10,31H2,(H,32,44)(H,34,43)(H,38,47)(H,36,39,45);1-2,4-5,7-9,16,33H,3,6,10,31H2,(H,32,43)(H,34,44)(H,38,47)(H,36,39,45)/t2*16-/m00/s1. The predicted molar refractivity (Wildman–Crippen MR) is 332 cm³/mol. The van der Waals surface area contributed by atoms with Crippen LogP contribution in [0.1, 0.15) is 100 Å². The number of carbonyl (C=O) groups is 4. The number of benzene rings is 4. The molecule has 94 heavy (non-hydrogen) atoms. The highest BCUT2D eigenvalue weighted by Gasteiger charge is 2.30. The molecule has 36 heteroatoms. The second-order valence-corrected chi connectivity index (χ2v) is 22.1. The van der Waals surface area contributed by atoms with Crippen LogP contribution in [0, 0.1) is 21.2 Å². The summed E-state index contributed by atoms with van der Waals surface area (Å²) in [5, 5.41) is 37.0. The number of anilines is 6. The monoisotopic (exact) mass is 1310 g/mol. The quantitative estimate of drug-likeness (QED) is 0.0488. The number of aryl methyl sites for hydroxylation is 2. The number of carbonyl (C=O) groups excluding carboxylic acids is 4. The molecule has 32 nitrogen and oxygen atoms in total. The van der Waals surface area contributed by atoms with Crippen molar-refractivity contribution in [3.8, 4) is 22.8 Å². The zero-order valence-corrected chi connectivity index (χ0v) is 49.3. The second kappa shape index (κ2) is 24.0. The van der Waals surface area contributed by atoms with Crippen LogP contribution in [0.3, 0.4) is 0 Å². The summed E-state index contributed by atoms with van der Waals surface area (Å²) < 4.78 is 40.7. The number of amides is 4. The van der Waals surface area contributed by atoms with Crippen molar-refractivity contribution in [3.63, 3.8) is 0 Å². The van der Waals surface area contributed by atoms with Crippen LogP contribution in [0.2, 0.25) is 0 Å². The van der Waals surface area contributed by atoms with Gasteiger partial charge in [0.05, 0.1) is 23.5 Å². The number of nitrogen functional groups attached to an aromatic ring is 2. The molecule has 472 valence electrons. The molecule has 14 rings (SSSR count). The van der Waals surface area contributed by atoms with E-state index in [1.165, 1.54) is 45.2 Å². The zero-order chi connectivity index (χ0) is 66.0. The van der Waals surface area contributed by atoms with Gasteiger partial charge < -0.3 is 43.4 Å². The maximum atomic E-state index is 14.4. The fraction of sp³-hybridized carbons (Fsp3) is 0.138. The number of H-pyrrole nitrogens is 4. The molecule has 12 aromatic rings. The highest BCUT2D eigenvalue weighted by molar-refractivity contribution is 7.71. The van der Waals surface area contributed by atoms with Gasteiger partial charge in [0.25, 0.3) is 56.9 Å². The van der Waals surface area contributed by atoms with Gasteiger partial charge in [0, 0.05) is 24.2 Å². The molecule has 0 aliphatic heterocycles. The SMILES string of the molecule is Nc1c(Nc2cc(CNC(=O)c3cc(C(=O)N[C@H]4CCc5cc(-c6noc(=O)[nH]6)ccc54)n4c(=S)[nH]nc4n3)ccc2F)c(=O)c1=O.Nc1c(Nc2cc(CNC(=O)c3cc(C(=O)N[C@H]4CCc5cc(-c6noc(=O)[nH]6)ccc54)nc4n[nH]c(=S)n34)ccc2F)c(=O)c1=O. The van der Waals surface area contributed by atoms with Crippen LogP contribution in [-0.2, 0) is 25.9 Å². The first kappa shape index (κ1) is 60.3. The molecule has 6 heterocycles. The van der Waals surface area contributed by atoms with Crippen LogP contribution in [0.5, 0.6) is 0 Å². The molecule has 0 unspecified atom stereocenters. The summed E-state index contributed by atoms with van der Waals surface area (Å²) in [6.45, 7) is -0.172. The molecule has 14 N–H and O–H groups in total. The maximum Gasteiger partial charge on any atom is 0.439 e. The summed E-state index contributed by atoms with van der Waals surface area (Å²) in [7, 11) is 0. The third-order valence-electron chi connectivity index (χ3n) is 15.6. The zero-order valence-electron chi connectivity index (χ0n) is 47.7. The van der Waals surface area contributed by atoms with Crippen molar-refractivity contribution in [1.82, 2.24) is 80.7 Å². The third kappa shape index (κ3) is 11.3. The summed E-state index contributed by atoms with van der Waals surface area (Å²) in [5.74, 6) is -4.54. The van der Waals surface area contributed by atoms with Crippen LogP contribution < -0.4 is 76.6 Å². The normalized spacial score (nSPS) is 13.9. The minimum absolute atomic E-state index is 0.00952. The van der Waals surface area contributed by atoms with Gasteiger partial charge in [-0.15, -0.1) is 10.2 Å². The summed E-state index contributed by atoms with van der Waals surface area (Å²) in [5.41, 5.74) is 12.1. The van der Waals surface area contributed by atoms with E-state index < -0.39 is 68.5 Å². The molecule has 6 aromatic heterocycles. The van der Waals surface area contributed by atoms with E-state index in [1.54, 1.807) is 12.1 Å². The third-order valence-corrected chi connectivity index (χ3v) is 16.1. The van der Waals surface area contributed by atoms with Crippen LogP contribution in [0.15, 0.2) is 123 Å². The Morgan fingerprint density at radius 1 is 0.553 bits per heavy atom. The number of aromatic nitrogens is 12. The lowest BCUT2D eigenvalue weighted by atomic mass is 10.0. The maximum absolute atomic E-state index is 14.4. The van der Waals surface area contributed by atoms with E-state index in [4.69, 9.17) is 35.9 Å². The first-order valence-electron chi connectivity index (χ1n) is 28.0. The Balaban J connectivity index is 0.000000171. The first-order chi connectivity index (χ1) is 45.1. The summed E-state index contributed by atoms with van der Waals surface area (Å²) in [4.78, 5) is 136. The number of hydrogen-bond donors (Lipinski definition) is 12. The van der Waals surface area contributed by atoms with Gasteiger partial charge in [-0.25, -0.2) is 47.3 Å². The Morgan fingerprint density at radius 2 is 0.989 bits per heavy atom. The van der Waals surface area contributed by atoms with E-state index in [0.717, 1.165) is 34.4 Å². The summed E-state index contributed by atoms with van der Waals surface area (Å²) >= 11 is 10.6. The minimum Gasteiger partial charge on any atom is -0.394 e. The van der Waals surface area contributed by atoms with Gasteiger partial charge >= 0.3 is 11.5 Å². The van der Waals surface area contributed by atoms with Gasteiger partial charge in [0.15, 0.2) is 11.6 Å². The van der Waals surface area contributed by atoms with E-state index >= 15 is 0 Å². The average Bonchev–Trinajstić information content (AvgIpc) is 0.942. The van der Waals surface area contributed by atoms with Crippen molar-refractivity contribution in [2.24, 2.45) is 0 Å². The van der Waals surface area contributed by atoms with E-state index in [-0.39, 0.29) is 103 Å². The molecule has 2 aliphatic rings. The Morgan fingerprint density at radius 3 is 1.44 bits per heavy atom. The number of rotatable bonds is 16. The highest BCUT2D eigenvalue weighted by Crippen LogP contribution is 2.36. The Kier molecular flexibility index (Phi) is 15.4. The fourth-order valence-electron chi connectivity index (χ4n) is 10.8. The molecule has 4 amide bonds. The Hall–Kier alpha value is -12.6. The summed E-state index contributed by atoms with van der Waals surface area (Å²) in [6, 6.07) is 20.6. The van der Waals surface area contributed by atoms with E-state index in [1.807, 2.05) is 24.3 Å². The van der Waals surface area contributed by atoms with Crippen LogP contribution in [-0.4, -0.2) is 83.1 Å². The lowest BCUT2D eigenvalue weighted by Gasteiger charge is -2.15. The van der Waals surface area contributed by atoms with Crippen LogP contribution >= 0.6 is 24.4 Å². The predicted octanol–water partition coefficient (Wildman–Crippen LogP) is 3.08. The molecule has 0 radical (unpaired) electrons. The van der Waals surface area contributed by atoms with Crippen molar-refractivity contribution >= 4 is 93.7 Å². The fourth-order valence-corrected chi connectivity index (χ4v) is 11.3. The van der Waals surface area contributed by atoms with Gasteiger partial charge in [-0.05, 0) is 132 Å². The molecular weight excluding hydrogens is 1270 g/mol. The average molecular weight is 1310 g/mol. The van der Waals surface area contributed by atoms with Crippen molar-refractivity contribution in [2.45, 2.75) is 50.9 Å². The molecule has 0 saturated heterocycles. The van der Waals surface area contributed by atoms with Crippen molar-refractivity contribution in [3.05, 3.63) is 224 Å². The van der Waals surface area contributed by atoms with Crippen molar-refractivity contribution in [2.75, 3.05) is 22.1 Å². The number of fused-ring (bicyclic) bond motifs is 4. The number of hydrogen-bond acceptors (Lipinski definition) is 24. The van der Waals surface area contributed by atoms with Gasteiger partial charge in [0.1, 0.15) is 57.2 Å². The van der Waals surface area contributed by atoms with Gasteiger partial charge in [-0.1, -0.05) is 46.7 Å². The molecule has 2 atom stereocenters. The molecule has 6 aromatic carbocycles. The van der Waals surface area contributed by atoms with Gasteiger partial charge in [0.2, 0.25) is 9.54 Å². The Labute approximate surface area is 529 Å². The van der Waals surface area contributed by atoms with E-state index in [0.29, 0.717) is 59.6 Å². The largest absolute Gasteiger partial charge is 0.439 e. The van der Waals surface area contributed by atoms with E-state index in [9.17, 15) is 56.7 Å². The highest BCUT2D eigenvalue weighted by atomic mass is 32.1. The first-order valence-corrected chi connectivity index (χ1v) is 28.8. The lowest BCUT2D eigenvalue weighted by molar-refractivity contribution is 0.0918.